The van der Waals surface area contributed by atoms with Gasteiger partial charge in [0.05, 0.1) is 11.4 Å². The Morgan fingerprint density at radius 2 is 1.81 bits per heavy atom. The number of nitrogens with one attached hydrogen (secondary N) is 2. The molecule has 2 N–H and O–H groups in total. The molecular weight excluding hydrogens is 366 g/mol. The Bertz CT molecular complexity index is 893. The summed E-state index contributed by atoms with van der Waals surface area (Å²) in [5.74, 6) is 0.00874. The second-order valence-electron chi connectivity index (χ2n) is 5.36. The molecule has 3 rings (SSSR count). The molecule has 0 saturated heterocycles. The molecule has 0 aliphatic rings. The molecule has 5 nitrogen and oxygen atoms in total. The fourth-order valence-electron chi connectivity index (χ4n) is 2.24. The number of carbonyl (C=O) groups is 2. The minimum absolute atomic E-state index is 0.112. The first-order valence-corrected chi connectivity index (χ1v) is 9.78. The SMILES string of the molecule is CNC(=O)c1ccc(NC(=O)CSc2nc(-c3ccccc3)cs2)cc1. The number of carbonyl (C=O) groups excluding carboxylic acids is 2. The number of benzene rings is 2. The molecule has 0 bridgehead atoms. The first-order chi connectivity index (χ1) is 12.7. The summed E-state index contributed by atoms with van der Waals surface area (Å²) in [6.45, 7) is 0. The molecule has 0 radical (unpaired) electrons. The van der Waals surface area contributed by atoms with Crippen molar-refractivity contribution >= 4 is 40.6 Å². The van der Waals surface area contributed by atoms with Crippen LogP contribution in [0, 0.1) is 0 Å². The van der Waals surface area contributed by atoms with E-state index in [-0.39, 0.29) is 17.6 Å². The van der Waals surface area contributed by atoms with Gasteiger partial charge in [0.15, 0.2) is 4.34 Å². The first kappa shape index (κ1) is 18.2. The molecule has 0 spiro atoms. The number of hydrogen-bond acceptors (Lipinski definition) is 5. The number of thiazole rings is 1. The zero-order valence-electron chi connectivity index (χ0n) is 14.1. The molecule has 132 valence electrons. The van der Waals surface area contributed by atoms with Gasteiger partial charge >= 0.3 is 0 Å². The monoisotopic (exact) mass is 383 g/mol. The Hall–Kier alpha value is -2.64. The summed E-state index contributed by atoms with van der Waals surface area (Å²) in [5, 5.41) is 7.37. The highest BCUT2D eigenvalue weighted by molar-refractivity contribution is 8.01. The maximum absolute atomic E-state index is 12.1. The highest BCUT2D eigenvalue weighted by Gasteiger charge is 2.09. The first-order valence-electron chi connectivity index (χ1n) is 7.91. The fourth-order valence-corrected chi connectivity index (χ4v) is 3.87. The highest BCUT2D eigenvalue weighted by Crippen LogP contribution is 2.28. The Morgan fingerprint density at radius 1 is 1.08 bits per heavy atom. The summed E-state index contributed by atoms with van der Waals surface area (Å²) in [7, 11) is 1.58. The number of nitrogens with zero attached hydrogens (tertiary/aromatic N) is 1. The van der Waals surface area contributed by atoms with Crippen molar-refractivity contribution in [1.29, 1.82) is 0 Å². The van der Waals surface area contributed by atoms with Crippen molar-refractivity contribution < 1.29 is 9.59 Å². The zero-order valence-corrected chi connectivity index (χ0v) is 15.7. The number of rotatable bonds is 6. The van der Waals surface area contributed by atoms with Gasteiger partial charge in [-0.2, -0.15) is 0 Å². The summed E-state index contributed by atoms with van der Waals surface area (Å²) in [4.78, 5) is 28.2. The van der Waals surface area contributed by atoms with Crippen LogP contribution in [-0.2, 0) is 4.79 Å². The van der Waals surface area contributed by atoms with E-state index in [0.29, 0.717) is 11.3 Å². The van der Waals surface area contributed by atoms with Crippen molar-refractivity contribution in [3.8, 4) is 11.3 Å². The third-order valence-corrected chi connectivity index (χ3v) is 5.56. The van der Waals surface area contributed by atoms with Gasteiger partial charge in [0, 0.05) is 29.2 Å². The van der Waals surface area contributed by atoms with Crippen molar-refractivity contribution in [2.75, 3.05) is 18.1 Å². The lowest BCUT2D eigenvalue weighted by molar-refractivity contribution is -0.113. The number of aromatic nitrogens is 1. The maximum Gasteiger partial charge on any atom is 0.251 e. The lowest BCUT2D eigenvalue weighted by Gasteiger charge is -2.05. The van der Waals surface area contributed by atoms with E-state index in [1.807, 2.05) is 35.7 Å². The Morgan fingerprint density at radius 3 is 2.50 bits per heavy atom. The largest absolute Gasteiger partial charge is 0.355 e. The van der Waals surface area contributed by atoms with Gasteiger partial charge in [-0.3, -0.25) is 9.59 Å². The quantitative estimate of drug-likeness (QED) is 0.633. The smallest absolute Gasteiger partial charge is 0.251 e. The molecule has 3 aromatic rings. The average Bonchev–Trinajstić information content (AvgIpc) is 3.16. The van der Waals surface area contributed by atoms with Crippen LogP contribution in [0.5, 0.6) is 0 Å². The van der Waals surface area contributed by atoms with E-state index >= 15 is 0 Å². The average molecular weight is 383 g/mol. The van der Waals surface area contributed by atoms with Crippen LogP contribution in [0.3, 0.4) is 0 Å². The normalized spacial score (nSPS) is 10.3. The molecule has 7 heteroatoms. The molecule has 0 aliphatic heterocycles. The van der Waals surface area contributed by atoms with Gasteiger partial charge in [-0.25, -0.2) is 4.98 Å². The van der Waals surface area contributed by atoms with Gasteiger partial charge in [-0.15, -0.1) is 11.3 Å². The molecule has 0 saturated carbocycles. The molecule has 0 aliphatic carbocycles. The maximum atomic E-state index is 12.1. The van der Waals surface area contributed by atoms with Gasteiger partial charge in [0.1, 0.15) is 0 Å². The van der Waals surface area contributed by atoms with Crippen LogP contribution in [0.4, 0.5) is 5.69 Å². The Balaban J connectivity index is 1.53. The van der Waals surface area contributed by atoms with Crippen LogP contribution in [0.15, 0.2) is 64.3 Å². The standard InChI is InChI=1S/C19H17N3O2S2/c1-20-18(24)14-7-9-15(10-8-14)21-17(23)12-26-19-22-16(11-25-19)13-5-3-2-4-6-13/h2-11H,12H2,1H3,(H,20,24)(H,21,23). The molecule has 0 fully saturated rings. The lowest BCUT2D eigenvalue weighted by atomic mass is 10.2. The summed E-state index contributed by atoms with van der Waals surface area (Å²) in [6, 6.07) is 16.7. The van der Waals surface area contributed by atoms with Crippen LogP contribution in [0.25, 0.3) is 11.3 Å². The van der Waals surface area contributed by atoms with Crippen molar-refractivity contribution in [3.05, 3.63) is 65.5 Å². The molecule has 26 heavy (non-hydrogen) atoms. The van der Waals surface area contributed by atoms with Crippen molar-refractivity contribution in [2.24, 2.45) is 0 Å². The number of thioether (sulfide) groups is 1. The minimum atomic E-state index is -0.156. The van der Waals surface area contributed by atoms with Crippen molar-refractivity contribution in [3.63, 3.8) is 0 Å². The summed E-state index contributed by atoms with van der Waals surface area (Å²) < 4.78 is 0.856. The molecule has 2 aromatic carbocycles. The van der Waals surface area contributed by atoms with Crippen LogP contribution in [0.1, 0.15) is 10.4 Å². The van der Waals surface area contributed by atoms with E-state index in [1.54, 1.807) is 31.3 Å². The van der Waals surface area contributed by atoms with Crippen LogP contribution >= 0.6 is 23.1 Å². The second-order valence-corrected chi connectivity index (χ2v) is 7.44. The van der Waals surface area contributed by atoms with Gasteiger partial charge in [0.2, 0.25) is 5.91 Å². The van der Waals surface area contributed by atoms with Crippen LogP contribution < -0.4 is 10.6 Å². The third kappa shape index (κ3) is 4.71. The third-order valence-electron chi connectivity index (χ3n) is 3.54. The van der Waals surface area contributed by atoms with Gasteiger partial charge in [0.25, 0.3) is 5.91 Å². The number of anilines is 1. The number of hydrogen-bond donors (Lipinski definition) is 2. The Labute approximate surface area is 159 Å². The van der Waals surface area contributed by atoms with Gasteiger partial charge < -0.3 is 10.6 Å². The van der Waals surface area contributed by atoms with E-state index in [2.05, 4.69) is 15.6 Å². The topological polar surface area (TPSA) is 71.1 Å². The van der Waals surface area contributed by atoms with Crippen LogP contribution in [0.2, 0.25) is 0 Å². The lowest BCUT2D eigenvalue weighted by Crippen LogP contribution is -2.18. The summed E-state index contributed by atoms with van der Waals surface area (Å²) in [5.41, 5.74) is 3.20. The van der Waals surface area contributed by atoms with E-state index in [9.17, 15) is 9.59 Å². The molecule has 0 unspecified atom stereocenters. The fraction of sp³-hybridized carbons (Fsp3) is 0.105. The van der Waals surface area contributed by atoms with E-state index in [4.69, 9.17) is 0 Å². The summed E-state index contributed by atoms with van der Waals surface area (Å²) in [6.07, 6.45) is 0. The zero-order chi connectivity index (χ0) is 18.4. The van der Waals surface area contributed by atoms with E-state index in [0.717, 1.165) is 15.6 Å². The molecule has 0 atom stereocenters. The molecule has 2 amide bonds. The second kappa shape index (κ2) is 8.64. The Kier molecular flexibility index (Phi) is 6.04. The molecule has 1 aromatic heterocycles. The highest BCUT2D eigenvalue weighted by atomic mass is 32.2. The predicted octanol–water partition coefficient (Wildman–Crippen LogP) is 3.90. The van der Waals surface area contributed by atoms with E-state index in [1.165, 1.54) is 23.1 Å². The van der Waals surface area contributed by atoms with Crippen molar-refractivity contribution in [1.82, 2.24) is 10.3 Å². The minimum Gasteiger partial charge on any atom is -0.355 e. The van der Waals surface area contributed by atoms with Crippen molar-refractivity contribution in [2.45, 2.75) is 4.34 Å². The summed E-state index contributed by atoms with van der Waals surface area (Å²) >= 11 is 2.93. The number of amides is 2. The molecule has 1 heterocycles. The van der Waals surface area contributed by atoms with Gasteiger partial charge in [-0.1, -0.05) is 42.1 Å². The van der Waals surface area contributed by atoms with Crippen LogP contribution in [-0.4, -0.2) is 29.6 Å². The van der Waals surface area contributed by atoms with Gasteiger partial charge in [-0.05, 0) is 24.3 Å². The molecular formula is C19H17N3O2S2. The predicted molar refractivity (Wildman–Crippen MR) is 107 cm³/mol. The van der Waals surface area contributed by atoms with E-state index < -0.39 is 0 Å².